The summed E-state index contributed by atoms with van der Waals surface area (Å²) in [6, 6.07) is 0. The van der Waals surface area contributed by atoms with E-state index in [-0.39, 0.29) is 0 Å². The average Bonchev–Trinajstić information content (AvgIpc) is 2.79. The lowest BCUT2D eigenvalue weighted by molar-refractivity contribution is 0.0153. The van der Waals surface area contributed by atoms with E-state index in [0.29, 0.717) is 19.6 Å². The lowest BCUT2D eigenvalue weighted by atomic mass is 10.1. The molecular formula is C24H54N3O4P. The highest BCUT2D eigenvalue weighted by Crippen LogP contribution is 2.46. The number of phosphoric acid groups is 1. The fourth-order valence-electron chi connectivity index (χ4n) is 3.36. The van der Waals surface area contributed by atoms with Crippen LogP contribution in [0.3, 0.4) is 0 Å². The molecule has 0 fully saturated rings. The quantitative estimate of drug-likeness (QED) is 0.0631. The molecular weight excluding hydrogens is 425 g/mol. The van der Waals surface area contributed by atoms with Gasteiger partial charge in [0.25, 0.3) is 0 Å². The van der Waals surface area contributed by atoms with Gasteiger partial charge in [-0.2, -0.15) is 30.3 Å². The van der Waals surface area contributed by atoms with E-state index in [1.807, 2.05) is 0 Å². The smallest absolute Gasteiger partial charge is 0.223 e. The topological polar surface area (TPSA) is 80.9 Å². The van der Waals surface area contributed by atoms with Crippen molar-refractivity contribution in [1.29, 1.82) is 0 Å². The third-order valence-electron chi connectivity index (χ3n) is 5.43. The van der Waals surface area contributed by atoms with Crippen LogP contribution in [0.5, 0.6) is 0 Å². The molecule has 0 bridgehead atoms. The van der Waals surface area contributed by atoms with Gasteiger partial charge in [0.2, 0.25) is 0 Å². The van der Waals surface area contributed by atoms with Crippen LogP contribution in [0.4, 0.5) is 0 Å². The molecule has 0 saturated heterocycles. The van der Waals surface area contributed by atoms with Crippen LogP contribution in [0.25, 0.3) is 0 Å². The normalized spacial score (nSPS) is 12.0. The molecule has 0 aliphatic rings. The largest absolute Gasteiger partial charge is 0.524 e. The fraction of sp³-hybridized carbons (Fsp3) is 1.00. The molecule has 8 heteroatoms. The number of nitrogens with one attached hydrogen (secondary N) is 3. The van der Waals surface area contributed by atoms with E-state index in [9.17, 15) is 4.57 Å². The van der Waals surface area contributed by atoms with Gasteiger partial charge in [0.1, 0.15) is 0 Å². The van der Waals surface area contributed by atoms with Gasteiger partial charge in [-0.05, 0) is 19.3 Å². The number of hydroxylamine groups is 3. The van der Waals surface area contributed by atoms with Crippen LogP contribution in [0.2, 0.25) is 0 Å². The Kier molecular flexibility index (Phi) is 25.6. The predicted molar refractivity (Wildman–Crippen MR) is 135 cm³/mol. The van der Waals surface area contributed by atoms with E-state index in [0.717, 1.165) is 38.5 Å². The van der Waals surface area contributed by atoms with Gasteiger partial charge in [0.05, 0.1) is 0 Å². The minimum atomic E-state index is -3.75. The molecule has 0 aromatic heterocycles. The number of hydrogen-bond donors (Lipinski definition) is 3. The van der Waals surface area contributed by atoms with E-state index in [1.54, 1.807) is 0 Å². The summed E-state index contributed by atoms with van der Waals surface area (Å²) in [5, 5.41) is 0. The molecule has 0 radical (unpaired) electrons. The first-order valence-corrected chi connectivity index (χ1v) is 15.0. The molecule has 0 aromatic carbocycles. The van der Waals surface area contributed by atoms with Crippen LogP contribution in [0, 0.1) is 0 Å². The lowest BCUT2D eigenvalue weighted by Crippen LogP contribution is -2.25. The van der Waals surface area contributed by atoms with Gasteiger partial charge >= 0.3 is 7.82 Å². The van der Waals surface area contributed by atoms with Crippen LogP contribution in [-0.2, 0) is 18.4 Å². The highest BCUT2D eigenvalue weighted by Gasteiger charge is 2.28. The third-order valence-corrected chi connectivity index (χ3v) is 6.48. The summed E-state index contributed by atoms with van der Waals surface area (Å²) in [4.78, 5) is 0. The van der Waals surface area contributed by atoms with Crippen molar-refractivity contribution in [2.24, 2.45) is 0 Å². The maximum Gasteiger partial charge on any atom is 0.524 e. The summed E-state index contributed by atoms with van der Waals surface area (Å²) in [5.74, 6) is 0. The molecule has 32 heavy (non-hydrogen) atoms. The monoisotopic (exact) mass is 479 g/mol. The maximum atomic E-state index is 12.9. The van der Waals surface area contributed by atoms with Crippen molar-refractivity contribution in [3.63, 3.8) is 0 Å². The van der Waals surface area contributed by atoms with Crippen molar-refractivity contribution in [2.45, 2.75) is 136 Å². The molecule has 0 unspecified atom stereocenters. The minimum Gasteiger partial charge on any atom is -0.223 e. The van der Waals surface area contributed by atoms with Crippen LogP contribution in [0.1, 0.15) is 136 Å². The van der Waals surface area contributed by atoms with Gasteiger partial charge in [-0.15, -0.1) is 0 Å². The van der Waals surface area contributed by atoms with Gasteiger partial charge in [-0.1, -0.05) is 117 Å². The Morgan fingerprint density at radius 1 is 0.438 bits per heavy atom. The highest BCUT2D eigenvalue weighted by atomic mass is 31.2. The molecule has 0 aliphatic heterocycles. The molecule has 3 N–H and O–H groups in total. The van der Waals surface area contributed by atoms with Crippen LogP contribution in [0.15, 0.2) is 0 Å². The van der Waals surface area contributed by atoms with Crippen LogP contribution < -0.4 is 16.4 Å². The van der Waals surface area contributed by atoms with E-state index in [1.165, 1.54) is 77.0 Å². The molecule has 0 spiro atoms. The second kappa shape index (κ2) is 25.6. The highest BCUT2D eigenvalue weighted by molar-refractivity contribution is 7.48. The Morgan fingerprint density at radius 2 is 0.688 bits per heavy atom. The third kappa shape index (κ3) is 23.2. The summed E-state index contributed by atoms with van der Waals surface area (Å²) in [6.45, 7) is 8.52. The first-order chi connectivity index (χ1) is 15.7. The SMILES string of the molecule is CCCCCCCCNOP(=O)(ONCCCCCCCC)ONCCCCCCCC. The van der Waals surface area contributed by atoms with Gasteiger partial charge < -0.3 is 0 Å². The van der Waals surface area contributed by atoms with Crippen LogP contribution in [-0.4, -0.2) is 19.6 Å². The zero-order valence-electron chi connectivity index (χ0n) is 21.4. The second-order valence-corrected chi connectivity index (χ2v) is 10.1. The van der Waals surface area contributed by atoms with Crippen molar-refractivity contribution in [3.05, 3.63) is 0 Å². The van der Waals surface area contributed by atoms with Gasteiger partial charge in [-0.25, -0.2) is 4.57 Å². The Morgan fingerprint density at radius 3 is 0.969 bits per heavy atom. The van der Waals surface area contributed by atoms with Crippen LogP contribution >= 0.6 is 7.82 Å². The van der Waals surface area contributed by atoms with Crippen molar-refractivity contribution >= 4 is 7.82 Å². The Bertz CT molecular complexity index is 360. The average molecular weight is 480 g/mol. The van der Waals surface area contributed by atoms with Crippen molar-refractivity contribution in [1.82, 2.24) is 16.4 Å². The molecule has 0 aliphatic carbocycles. The van der Waals surface area contributed by atoms with E-state index >= 15 is 0 Å². The molecule has 7 nitrogen and oxygen atoms in total. The second-order valence-electron chi connectivity index (χ2n) is 8.71. The lowest BCUT2D eigenvalue weighted by Gasteiger charge is -2.18. The summed E-state index contributed by atoms with van der Waals surface area (Å²) in [5.41, 5.74) is 8.32. The Balaban J connectivity index is 4.06. The number of unbranched alkanes of at least 4 members (excludes halogenated alkanes) is 15. The van der Waals surface area contributed by atoms with Crippen molar-refractivity contribution < 1.29 is 18.4 Å². The summed E-state index contributed by atoms with van der Waals surface area (Å²) >= 11 is 0. The fourth-order valence-corrected chi connectivity index (χ4v) is 4.22. The minimum absolute atomic E-state index is 0.623. The van der Waals surface area contributed by atoms with Crippen molar-refractivity contribution in [2.75, 3.05) is 19.6 Å². The van der Waals surface area contributed by atoms with Crippen molar-refractivity contribution in [3.8, 4) is 0 Å². The molecule has 0 saturated carbocycles. The zero-order chi connectivity index (χ0) is 23.6. The maximum absolute atomic E-state index is 12.9. The van der Waals surface area contributed by atoms with Gasteiger partial charge in [0, 0.05) is 19.6 Å². The summed E-state index contributed by atoms with van der Waals surface area (Å²) in [6.07, 6.45) is 21.4. The predicted octanol–water partition coefficient (Wildman–Crippen LogP) is 7.74. The summed E-state index contributed by atoms with van der Waals surface area (Å²) in [7, 11) is -3.75. The zero-order valence-corrected chi connectivity index (χ0v) is 22.3. The van der Waals surface area contributed by atoms with E-state index in [4.69, 9.17) is 13.9 Å². The molecule has 0 atom stereocenters. The first-order valence-electron chi connectivity index (χ1n) is 13.5. The van der Waals surface area contributed by atoms with E-state index < -0.39 is 7.82 Å². The molecule has 0 heterocycles. The number of hydrogen-bond acceptors (Lipinski definition) is 7. The van der Waals surface area contributed by atoms with E-state index in [2.05, 4.69) is 37.2 Å². The summed E-state index contributed by atoms with van der Waals surface area (Å²) < 4.78 is 28.8. The standard InChI is InChI=1S/C24H54N3O4P/c1-4-7-10-13-16-19-22-25-29-32(28,30-26-23-20-17-14-11-8-5-2)31-27-24-21-18-15-12-9-6-3/h25-27H,4-24H2,1-3H3. The number of rotatable bonds is 27. The molecule has 0 rings (SSSR count). The molecule has 0 aromatic rings. The molecule has 194 valence electrons. The van der Waals surface area contributed by atoms with Gasteiger partial charge in [0.15, 0.2) is 0 Å². The Hall–Kier alpha value is -0.0100. The molecule has 0 amide bonds. The Labute approximate surface area is 199 Å². The van der Waals surface area contributed by atoms with Gasteiger partial charge in [-0.3, -0.25) is 0 Å². The first kappa shape index (κ1) is 32.0.